The molecule has 0 unspecified atom stereocenters. The van der Waals surface area contributed by atoms with E-state index in [0.29, 0.717) is 16.6 Å². The van der Waals surface area contributed by atoms with E-state index < -0.39 is 0 Å². The highest BCUT2D eigenvalue weighted by Gasteiger charge is 2.04. The molecule has 4 N–H and O–H groups in total. The number of rotatable bonds is 5. The van der Waals surface area contributed by atoms with Gasteiger partial charge in [0.15, 0.2) is 5.16 Å². The van der Waals surface area contributed by atoms with Crippen LogP contribution in [0.15, 0.2) is 40.5 Å². The number of thioether (sulfide) groups is 1. The van der Waals surface area contributed by atoms with Crippen molar-refractivity contribution in [2.45, 2.75) is 11.6 Å². The minimum absolute atomic E-state index is 0.128. The summed E-state index contributed by atoms with van der Waals surface area (Å²) in [5.41, 5.74) is 5.81. The minimum atomic E-state index is -0.306. The number of H-pyrrole nitrogens is 1. The molecule has 0 aromatic carbocycles. The number of nitrogen functional groups attached to an aromatic ring is 1. The van der Waals surface area contributed by atoms with Crippen molar-refractivity contribution in [1.29, 1.82) is 0 Å². The van der Waals surface area contributed by atoms with Crippen LogP contribution >= 0.6 is 11.8 Å². The standard InChI is InChI=1S/C12H13N5O2S/c13-9-6-11(19)17-12(16-9)20-5-3-10(18)15-8-2-1-4-14-7-8/h1-2,4,6-7H,3,5H2,(H,15,18)(H3,13,16,17,19). The van der Waals surface area contributed by atoms with Gasteiger partial charge in [-0.1, -0.05) is 11.8 Å². The zero-order valence-electron chi connectivity index (χ0n) is 10.5. The molecule has 2 aromatic rings. The third-order valence-electron chi connectivity index (χ3n) is 2.25. The summed E-state index contributed by atoms with van der Waals surface area (Å²) in [5, 5.41) is 3.13. The lowest BCUT2D eigenvalue weighted by atomic mass is 10.4. The molecular weight excluding hydrogens is 278 g/mol. The van der Waals surface area contributed by atoms with Crippen molar-refractivity contribution in [3.05, 3.63) is 40.9 Å². The van der Waals surface area contributed by atoms with Gasteiger partial charge in [-0.15, -0.1) is 0 Å². The molecule has 0 spiro atoms. The van der Waals surface area contributed by atoms with Gasteiger partial charge in [0.2, 0.25) is 5.91 Å². The van der Waals surface area contributed by atoms with Crippen LogP contribution in [0.25, 0.3) is 0 Å². The monoisotopic (exact) mass is 291 g/mol. The van der Waals surface area contributed by atoms with Crippen molar-refractivity contribution in [1.82, 2.24) is 15.0 Å². The van der Waals surface area contributed by atoms with Crippen molar-refractivity contribution in [2.24, 2.45) is 0 Å². The van der Waals surface area contributed by atoms with Crippen molar-refractivity contribution in [3.8, 4) is 0 Å². The topological polar surface area (TPSA) is 114 Å². The molecular formula is C12H13N5O2S. The Balaban J connectivity index is 1.81. The Labute approximate surface area is 119 Å². The van der Waals surface area contributed by atoms with Crippen molar-refractivity contribution in [3.63, 3.8) is 0 Å². The number of carbonyl (C=O) groups is 1. The van der Waals surface area contributed by atoms with Crippen LogP contribution in [-0.2, 0) is 4.79 Å². The summed E-state index contributed by atoms with van der Waals surface area (Å²) in [4.78, 5) is 33.2. The fourth-order valence-electron chi connectivity index (χ4n) is 1.42. The van der Waals surface area contributed by atoms with Crippen molar-refractivity contribution in [2.75, 3.05) is 16.8 Å². The summed E-state index contributed by atoms with van der Waals surface area (Å²) in [6.45, 7) is 0. The first kappa shape index (κ1) is 14.1. The van der Waals surface area contributed by atoms with E-state index in [4.69, 9.17) is 5.73 Å². The molecule has 0 aliphatic heterocycles. The average molecular weight is 291 g/mol. The number of amides is 1. The largest absolute Gasteiger partial charge is 0.383 e. The lowest BCUT2D eigenvalue weighted by Gasteiger charge is -2.04. The van der Waals surface area contributed by atoms with Crippen LogP contribution in [-0.4, -0.2) is 26.6 Å². The normalized spacial score (nSPS) is 10.2. The van der Waals surface area contributed by atoms with E-state index in [1.165, 1.54) is 17.8 Å². The zero-order chi connectivity index (χ0) is 14.4. The Hall–Kier alpha value is -2.35. The molecule has 104 valence electrons. The predicted octanol–water partition coefficient (Wildman–Crippen LogP) is 0.868. The summed E-state index contributed by atoms with van der Waals surface area (Å²) in [5.74, 6) is 0.520. The Morgan fingerprint density at radius 2 is 2.35 bits per heavy atom. The molecule has 2 aromatic heterocycles. The van der Waals surface area contributed by atoms with Gasteiger partial charge in [0.1, 0.15) is 5.82 Å². The lowest BCUT2D eigenvalue weighted by molar-refractivity contribution is -0.115. The maximum absolute atomic E-state index is 11.7. The maximum Gasteiger partial charge on any atom is 0.253 e. The van der Waals surface area contributed by atoms with Gasteiger partial charge in [-0.2, -0.15) is 0 Å². The second-order valence-corrected chi connectivity index (χ2v) is 4.95. The van der Waals surface area contributed by atoms with E-state index >= 15 is 0 Å². The highest BCUT2D eigenvalue weighted by Crippen LogP contribution is 2.13. The summed E-state index contributed by atoms with van der Waals surface area (Å²) < 4.78 is 0. The second-order valence-electron chi connectivity index (χ2n) is 3.86. The van der Waals surface area contributed by atoms with Gasteiger partial charge in [0.25, 0.3) is 5.56 Å². The number of hydrogen-bond acceptors (Lipinski definition) is 6. The van der Waals surface area contributed by atoms with E-state index in [1.54, 1.807) is 24.5 Å². The van der Waals surface area contributed by atoms with Crippen LogP contribution in [0.2, 0.25) is 0 Å². The van der Waals surface area contributed by atoms with E-state index in [1.807, 2.05) is 0 Å². The highest BCUT2D eigenvalue weighted by atomic mass is 32.2. The Morgan fingerprint density at radius 3 is 3.05 bits per heavy atom. The van der Waals surface area contributed by atoms with E-state index in [0.717, 1.165) is 0 Å². The molecule has 0 bridgehead atoms. The molecule has 0 saturated heterocycles. The minimum Gasteiger partial charge on any atom is -0.383 e. The van der Waals surface area contributed by atoms with E-state index in [2.05, 4.69) is 20.3 Å². The lowest BCUT2D eigenvalue weighted by Crippen LogP contribution is -2.13. The number of aromatic amines is 1. The number of anilines is 2. The number of pyridine rings is 1. The third-order valence-corrected chi connectivity index (χ3v) is 3.13. The van der Waals surface area contributed by atoms with Crippen molar-refractivity contribution >= 4 is 29.2 Å². The molecule has 7 nitrogen and oxygen atoms in total. The van der Waals surface area contributed by atoms with E-state index in [-0.39, 0.29) is 23.7 Å². The van der Waals surface area contributed by atoms with E-state index in [9.17, 15) is 9.59 Å². The number of nitrogens with two attached hydrogens (primary N) is 1. The maximum atomic E-state index is 11.7. The Morgan fingerprint density at radius 1 is 1.50 bits per heavy atom. The van der Waals surface area contributed by atoms with Crippen LogP contribution in [0, 0.1) is 0 Å². The van der Waals surface area contributed by atoms with Crippen molar-refractivity contribution < 1.29 is 4.79 Å². The quantitative estimate of drug-likeness (QED) is 0.556. The van der Waals surface area contributed by atoms with Crippen LogP contribution in [0.5, 0.6) is 0 Å². The third kappa shape index (κ3) is 4.39. The molecule has 1 amide bonds. The summed E-state index contributed by atoms with van der Waals surface area (Å²) in [7, 11) is 0. The number of aromatic nitrogens is 3. The van der Waals surface area contributed by atoms with Crippen LogP contribution in [0.3, 0.4) is 0 Å². The van der Waals surface area contributed by atoms with Gasteiger partial charge < -0.3 is 16.0 Å². The fraction of sp³-hybridized carbons (Fsp3) is 0.167. The predicted molar refractivity (Wildman–Crippen MR) is 77.5 cm³/mol. The molecule has 0 atom stereocenters. The molecule has 0 fully saturated rings. The van der Waals surface area contributed by atoms with Crippen LogP contribution < -0.4 is 16.6 Å². The molecule has 0 saturated carbocycles. The van der Waals surface area contributed by atoms with Gasteiger partial charge in [-0.05, 0) is 12.1 Å². The SMILES string of the molecule is Nc1cc(=O)[nH]c(SCCC(=O)Nc2cccnc2)n1. The summed E-state index contributed by atoms with van der Waals surface area (Å²) >= 11 is 1.26. The molecule has 2 heterocycles. The number of carbonyl (C=O) groups excluding carboxylic acids is 1. The second kappa shape index (κ2) is 6.71. The summed E-state index contributed by atoms with van der Waals surface area (Å²) in [6.07, 6.45) is 3.49. The first-order valence-electron chi connectivity index (χ1n) is 5.83. The number of nitrogens with one attached hydrogen (secondary N) is 2. The molecule has 2 rings (SSSR count). The number of hydrogen-bond donors (Lipinski definition) is 3. The Kier molecular flexibility index (Phi) is 4.72. The fourth-order valence-corrected chi connectivity index (χ4v) is 2.25. The smallest absolute Gasteiger partial charge is 0.253 e. The van der Waals surface area contributed by atoms with Crippen LogP contribution in [0.4, 0.5) is 11.5 Å². The molecule has 0 radical (unpaired) electrons. The zero-order valence-corrected chi connectivity index (χ0v) is 11.3. The van der Waals surface area contributed by atoms with Gasteiger partial charge in [-0.25, -0.2) is 4.98 Å². The average Bonchev–Trinajstić information content (AvgIpc) is 2.38. The highest BCUT2D eigenvalue weighted by molar-refractivity contribution is 7.99. The molecule has 0 aliphatic carbocycles. The Bertz CT molecular complexity index is 644. The van der Waals surface area contributed by atoms with Gasteiger partial charge >= 0.3 is 0 Å². The van der Waals surface area contributed by atoms with Crippen LogP contribution in [0.1, 0.15) is 6.42 Å². The first-order valence-corrected chi connectivity index (χ1v) is 6.81. The summed E-state index contributed by atoms with van der Waals surface area (Å²) in [6, 6.07) is 4.71. The first-order chi connectivity index (χ1) is 9.63. The van der Waals surface area contributed by atoms with Gasteiger partial charge in [0.05, 0.1) is 11.9 Å². The van der Waals surface area contributed by atoms with Gasteiger partial charge in [0, 0.05) is 24.4 Å². The molecule has 20 heavy (non-hydrogen) atoms. The molecule has 0 aliphatic rings. The number of nitrogens with zero attached hydrogens (tertiary/aromatic N) is 2. The van der Waals surface area contributed by atoms with Gasteiger partial charge in [-0.3, -0.25) is 14.6 Å². The molecule has 8 heteroatoms.